The quantitative estimate of drug-likeness (QED) is 0.456. The molecule has 1 N–H and O–H groups in total. The summed E-state index contributed by atoms with van der Waals surface area (Å²) in [6.07, 6.45) is 8.56. The van der Waals surface area contributed by atoms with E-state index in [4.69, 9.17) is 32.7 Å². The van der Waals surface area contributed by atoms with Crippen molar-refractivity contribution >= 4 is 29.1 Å². The molecule has 1 saturated carbocycles. The highest BCUT2D eigenvalue weighted by atomic mass is 35.5. The average Bonchev–Trinajstić information content (AvgIpc) is 2.74. The van der Waals surface area contributed by atoms with Crippen molar-refractivity contribution < 1.29 is 14.3 Å². The third kappa shape index (κ3) is 7.58. The number of nitrogens with zero attached hydrogens (tertiary/aromatic N) is 1. The Morgan fingerprint density at radius 3 is 2.45 bits per heavy atom. The van der Waals surface area contributed by atoms with E-state index >= 15 is 0 Å². The van der Waals surface area contributed by atoms with Crippen LogP contribution in [0.1, 0.15) is 52.4 Å². The van der Waals surface area contributed by atoms with Gasteiger partial charge in [0.25, 0.3) is 0 Å². The molecule has 0 unspecified atom stereocenters. The smallest absolute Gasteiger partial charge is 0.225 e. The Labute approximate surface area is 194 Å². The summed E-state index contributed by atoms with van der Waals surface area (Å²) in [5, 5.41) is 4.49. The first kappa shape index (κ1) is 23.7. The predicted molar refractivity (Wildman–Crippen MR) is 124 cm³/mol. The number of amides is 1. The summed E-state index contributed by atoms with van der Waals surface area (Å²) in [5.74, 6) is 1.59. The van der Waals surface area contributed by atoms with Crippen molar-refractivity contribution in [3.63, 3.8) is 0 Å². The molecule has 0 atom stereocenters. The number of benzene rings is 1. The molecule has 1 aromatic carbocycles. The number of nitrogens with one attached hydrogen (secondary N) is 1. The van der Waals surface area contributed by atoms with Gasteiger partial charge >= 0.3 is 0 Å². The first-order chi connectivity index (χ1) is 14.8. The van der Waals surface area contributed by atoms with E-state index in [2.05, 4.69) is 10.3 Å². The minimum atomic E-state index is -0.441. The topological polar surface area (TPSA) is 60.5 Å². The molecular weight excluding hydrogens is 435 g/mol. The van der Waals surface area contributed by atoms with Crippen LogP contribution in [-0.2, 0) is 4.79 Å². The number of carbonyl (C=O) groups excluding carboxylic acids is 1. The summed E-state index contributed by atoms with van der Waals surface area (Å²) in [7, 11) is 0. The summed E-state index contributed by atoms with van der Waals surface area (Å²) in [6, 6.07) is 9.28. The maximum Gasteiger partial charge on any atom is 0.225 e. The summed E-state index contributed by atoms with van der Waals surface area (Å²) < 4.78 is 11.7. The SMILES string of the molecule is CC(C)(CCCOc1ccc(Cl)cc1)C(=O)NC1CCC(Oc2cncc(Cl)c2)CC1. The van der Waals surface area contributed by atoms with E-state index in [0.29, 0.717) is 22.4 Å². The van der Waals surface area contributed by atoms with Crippen LogP contribution in [0.5, 0.6) is 11.5 Å². The molecule has 1 fully saturated rings. The van der Waals surface area contributed by atoms with Crippen molar-refractivity contribution in [1.82, 2.24) is 10.3 Å². The van der Waals surface area contributed by atoms with Gasteiger partial charge in [-0.15, -0.1) is 0 Å². The van der Waals surface area contributed by atoms with Gasteiger partial charge in [0.05, 0.1) is 23.9 Å². The van der Waals surface area contributed by atoms with Gasteiger partial charge in [0.1, 0.15) is 11.5 Å². The number of hydrogen-bond donors (Lipinski definition) is 1. The Bertz CT molecular complexity index is 850. The maximum atomic E-state index is 12.8. The molecule has 1 aromatic heterocycles. The first-order valence-corrected chi connectivity index (χ1v) is 11.5. The second-order valence-corrected chi connectivity index (χ2v) is 9.57. The molecule has 5 nitrogen and oxygen atoms in total. The number of hydrogen-bond acceptors (Lipinski definition) is 4. The van der Waals surface area contributed by atoms with Crippen molar-refractivity contribution in [2.45, 2.75) is 64.5 Å². The zero-order chi connectivity index (χ0) is 22.3. The molecule has 31 heavy (non-hydrogen) atoms. The lowest BCUT2D eigenvalue weighted by Crippen LogP contribution is -2.45. The molecule has 1 amide bonds. The van der Waals surface area contributed by atoms with Crippen molar-refractivity contribution in [3.8, 4) is 11.5 Å². The van der Waals surface area contributed by atoms with E-state index in [1.54, 1.807) is 30.6 Å². The Morgan fingerprint density at radius 2 is 1.77 bits per heavy atom. The van der Waals surface area contributed by atoms with Crippen LogP contribution in [0.4, 0.5) is 0 Å². The minimum Gasteiger partial charge on any atom is -0.494 e. The van der Waals surface area contributed by atoms with Gasteiger partial charge in [0.15, 0.2) is 0 Å². The van der Waals surface area contributed by atoms with Gasteiger partial charge in [0.2, 0.25) is 5.91 Å². The summed E-state index contributed by atoms with van der Waals surface area (Å²) in [6.45, 7) is 4.55. The monoisotopic (exact) mass is 464 g/mol. The molecule has 1 aliphatic rings. The molecule has 3 rings (SSSR count). The minimum absolute atomic E-state index is 0.0994. The molecule has 0 spiro atoms. The highest BCUT2D eigenvalue weighted by Crippen LogP contribution is 2.27. The highest BCUT2D eigenvalue weighted by molar-refractivity contribution is 6.30. The number of rotatable bonds is 9. The van der Waals surface area contributed by atoms with Crippen LogP contribution in [-0.4, -0.2) is 29.6 Å². The molecule has 0 saturated heterocycles. The molecule has 2 aromatic rings. The van der Waals surface area contributed by atoms with Crippen LogP contribution in [0.3, 0.4) is 0 Å². The maximum absolute atomic E-state index is 12.8. The van der Waals surface area contributed by atoms with E-state index in [9.17, 15) is 4.79 Å². The number of pyridine rings is 1. The fourth-order valence-electron chi connectivity index (χ4n) is 3.70. The molecule has 1 aliphatic carbocycles. The molecule has 168 valence electrons. The van der Waals surface area contributed by atoms with Crippen LogP contribution < -0.4 is 14.8 Å². The van der Waals surface area contributed by atoms with Crippen molar-refractivity contribution in [3.05, 3.63) is 52.8 Å². The fourth-order valence-corrected chi connectivity index (χ4v) is 3.99. The largest absolute Gasteiger partial charge is 0.494 e. The lowest BCUT2D eigenvalue weighted by molar-refractivity contribution is -0.130. The van der Waals surface area contributed by atoms with Crippen LogP contribution in [0, 0.1) is 5.41 Å². The molecule has 0 aliphatic heterocycles. The third-order valence-electron chi connectivity index (χ3n) is 5.64. The summed E-state index contributed by atoms with van der Waals surface area (Å²) >= 11 is 11.8. The van der Waals surface area contributed by atoms with E-state index in [1.807, 2.05) is 26.0 Å². The van der Waals surface area contributed by atoms with E-state index < -0.39 is 5.41 Å². The first-order valence-electron chi connectivity index (χ1n) is 10.8. The lowest BCUT2D eigenvalue weighted by Gasteiger charge is -2.32. The normalized spacial score (nSPS) is 19.0. The molecule has 1 heterocycles. The standard InChI is InChI=1S/C24H30Cl2N2O3/c1-24(2,12-3-13-30-20-8-4-17(25)5-9-20)23(29)28-19-6-10-21(11-7-19)31-22-14-18(26)15-27-16-22/h4-5,8-9,14-16,19,21H,3,6-7,10-13H2,1-2H3,(H,28,29). The van der Waals surface area contributed by atoms with Crippen LogP contribution >= 0.6 is 23.2 Å². The number of halogens is 2. The summed E-state index contributed by atoms with van der Waals surface area (Å²) in [5.41, 5.74) is -0.441. The Kier molecular flexibility index (Phi) is 8.44. The van der Waals surface area contributed by atoms with Gasteiger partial charge in [-0.2, -0.15) is 0 Å². The van der Waals surface area contributed by atoms with Gasteiger partial charge < -0.3 is 14.8 Å². The van der Waals surface area contributed by atoms with Crippen molar-refractivity contribution in [2.24, 2.45) is 5.41 Å². The second kappa shape index (κ2) is 11.1. The van der Waals surface area contributed by atoms with E-state index in [0.717, 1.165) is 44.3 Å². The van der Waals surface area contributed by atoms with Gasteiger partial charge in [-0.25, -0.2) is 0 Å². The highest BCUT2D eigenvalue weighted by Gasteiger charge is 2.31. The Balaban J connectivity index is 1.36. The third-order valence-corrected chi connectivity index (χ3v) is 6.09. The lowest BCUT2D eigenvalue weighted by atomic mass is 9.85. The van der Waals surface area contributed by atoms with Crippen molar-refractivity contribution in [2.75, 3.05) is 6.61 Å². The zero-order valence-corrected chi connectivity index (χ0v) is 19.6. The summed E-state index contributed by atoms with van der Waals surface area (Å²) in [4.78, 5) is 16.9. The van der Waals surface area contributed by atoms with Gasteiger partial charge in [-0.3, -0.25) is 9.78 Å². The molecule has 7 heteroatoms. The molecule has 0 bridgehead atoms. The predicted octanol–water partition coefficient (Wildman–Crippen LogP) is 6.08. The van der Waals surface area contributed by atoms with Crippen molar-refractivity contribution in [1.29, 1.82) is 0 Å². The number of carbonyl (C=O) groups is 1. The number of ether oxygens (including phenoxy) is 2. The van der Waals surface area contributed by atoms with Gasteiger partial charge in [0, 0.05) is 28.7 Å². The Hall–Kier alpha value is -1.98. The molecular formula is C24H30Cl2N2O3. The van der Waals surface area contributed by atoms with Gasteiger partial charge in [-0.05, 0) is 62.8 Å². The zero-order valence-electron chi connectivity index (χ0n) is 18.1. The second-order valence-electron chi connectivity index (χ2n) is 8.69. The van der Waals surface area contributed by atoms with Crippen LogP contribution in [0.25, 0.3) is 0 Å². The van der Waals surface area contributed by atoms with E-state index in [-0.39, 0.29) is 18.1 Å². The average molecular weight is 465 g/mol. The van der Waals surface area contributed by atoms with Crippen LogP contribution in [0.2, 0.25) is 10.0 Å². The number of aromatic nitrogens is 1. The fraction of sp³-hybridized carbons (Fsp3) is 0.500. The van der Waals surface area contributed by atoms with Crippen LogP contribution in [0.15, 0.2) is 42.7 Å². The molecule has 0 radical (unpaired) electrons. The van der Waals surface area contributed by atoms with E-state index in [1.165, 1.54) is 0 Å². The Morgan fingerprint density at radius 1 is 1.06 bits per heavy atom. The van der Waals surface area contributed by atoms with Gasteiger partial charge in [-0.1, -0.05) is 37.0 Å².